The van der Waals surface area contributed by atoms with Gasteiger partial charge in [0.2, 0.25) is 0 Å². The number of aliphatic carboxylic acids is 1. The smallest absolute Gasteiger partial charge is 0.306 e. The molecular formula is C8H14O2. The van der Waals surface area contributed by atoms with Crippen LogP contribution in [0.2, 0.25) is 0 Å². The summed E-state index contributed by atoms with van der Waals surface area (Å²) in [6.45, 7) is 4.27. The summed E-state index contributed by atoms with van der Waals surface area (Å²) in [4.78, 5) is 10.4. The highest BCUT2D eigenvalue weighted by Gasteiger charge is 2.42. The van der Waals surface area contributed by atoms with Crippen molar-refractivity contribution >= 4 is 5.97 Å². The van der Waals surface area contributed by atoms with Crippen molar-refractivity contribution in [1.29, 1.82) is 0 Å². The van der Waals surface area contributed by atoms with Gasteiger partial charge in [0.1, 0.15) is 0 Å². The molecule has 10 heavy (non-hydrogen) atoms. The molecule has 1 N–H and O–H groups in total. The van der Waals surface area contributed by atoms with Crippen molar-refractivity contribution in [1.82, 2.24) is 0 Å². The van der Waals surface area contributed by atoms with Gasteiger partial charge in [0.15, 0.2) is 0 Å². The Bertz CT molecular complexity index is 140. The molecule has 0 aromatic rings. The quantitative estimate of drug-likeness (QED) is 0.651. The van der Waals surface area contributed by atoms with Gasteiger partial charge in [-0.3, -0.25) is 4.79 Å². The number of hydrogen-bond donors (Lipinski definition) is 1. The summed E-state index contributed by atoms with van der Waals surface area (Å²) in [5.41, 5.74) is 0. The summed E-state index contributed by atoms with van der Waals surface area (Å²) in [6, 6.07) is 0. The molecule has 58 valence electrons. The first-order valence-electron chi connectivity index (χ1n) is 3.84. The zero-order valence-electron chi connectivity index (χ0n) is 6.50. The Hall–Kier alpha value is -0.530. The van der Waals surface area contributed by atoms with E-state index >= 15 is 0 Å². The number of hydrogen-bond acceptors (Lipinski definition) is 1. The van der Waals surface area contributed by atoms with Gasteiger partial charge < -0.3 is 5.11 Å². The van der Waals surface area contributed by atoms with E-state index in [0.717, 1.165) is 12.8 Å². The van der Waals surface area contributed by atoms with Gasteiger partial charge in [-0.1, -0.05) is 13.8 Å². The number of carboxylic acids is 1. The molecule has 2 nitrogen and oxygen atoms in total. The maximum atomic E-state index is 10.4. The Kier molecular flexibility index (Phi) is 1.97. The molecule has 1 fully saturated rings. The lowest BCUT2D eigenvalue weighted by atomic mass is 10.1. The lowest BCUT2D eigenvalue weighted by Gasteiger charge is -2.00. The molecule has 2 atom stereocenters. The Morgan fingerprint density at radius 1 is 1.70 bits per heavy atom. The Balaban J connectivity index is 2.20. The third-order valence-corrected chi connectivity index (χ3v) is 2.01. The number of rotatable bonds is 3. The first kappa shape index (κ1) is 7.58. The zero-order valence-corrected chi connectivity index (χ0v) is 6.50. The highest BCUT2D eigenvalue weighted by molar-refractivity contribution is 5.73. The molecule has 1 saturated carbocycles. The lowest BCUT2D eigenvalue weighted by molar-refractivity contribution is -0.138. The van der Waals surface area contributed by atoms with E-state index in [1.807, 2.05) is 0 Å². The van der Waals surface area contributed by atoms with Crippen LogP contribution in [-0.2, 0) is 4.79 Å². The van der Waals surface area contributed by atoms with E-state index in [1.54, 1.807) is 0 Å². The topological polar surface area (TPSA) is 37.3 Å². The molecule has 0 aliphatic heterocycles. The molecule has 1 aliphatic rings. The van der Waals surface area contributed by atoms with Crippen LogP contribution in [-0.4, -0.2) is 11.1 Å². The number of carboxylic acid groups (broad SMARTS) is 1. The largest absolute Gasteiger partial charge is 0.481 e. The Labute approximate surface area is 61.2 Å². The second-order valence-corrected chi connectivity index (χ2v) is 3.57. The lowest BCUT2D eigenvalue weighted by Crippen LogP contribution is -2.00. The average Bonchev–Trinajstić information content (AvgIpc) is 2.43. The van der Waals surface area contributed by atoms with Crippen LogP contribution in [0.4, 0.5) is 0 Å². The van der Waals surface area contributed by atoms with Gasteiger partial charge in [-0.05, 0) is 24.7 Å². The maximum Gasteiger partial charge on any atom is 0.306 e. The molecule has 0 bridgehead atoms. The van der Waals surface area contributed by atoms with Crippen molar-refractivity contribution in [2.75, 3.05) is 0 Å². The number of carbonyl (C=O) groups is 1. The Morgan fingerprint density at radius 3 is 2.60 bits per heavy atom. The molecule has 0 saturated heterocycles. The van der Waals surface area contributed by atoms with Crippen molar-refractivity contribution in [2.24, 2.45) is 17.8 Å². The second kappa shape index (κ2) is 2.60. The molecule has 0 aromatic carbocycles. The molecular weight excluding hydrogens is 128 g/mol. The third kappa shape index (κ3) is 1.72. The van der Waals surface area contributed by atoms with E-state index in [0.29, 0.717) is 11.8 Å². The summed E-state index contributed by atoms with van der Waals surface area (Å²) < 4.78 is 0. The van der Waals surface area contributed by atoms with Crippen LogP contribution in [0.3, 0.4) is 0 Å². The van der Waals surface area contributed by atoms with Crippen LogP contribution in [0.15, 0.2) is 0 Å². The zero-order chi connectivity index (χ0) is 7.72. The van der Waals surface area contributed by atoms with Gasteiger partial charge >= 0.3 is 5.97 Å². The predicted octanol–water partition coefficient (Wildman–Crippen LogP) is 1.75. The van der Waals surface area contributed by atoms with Gasteiger partial charge in [0.05, 0.1) is 5.92 Å². The highest BCUT2D eigenvalue weighted by atomic mass is 16.4. The monoisotopic (exact) mass is 142 g/mol. The molecule has 0 aromatic heterocycles. The summed E-state index contributed by atoms with van der Waals surface area (Å²) in [5.74, 6) is 0.514. The van der Waals surface area contributed by atoms with Gasteiger partial charge in [0.25, 0.3) is 0 Å². The normalized spacial score (nSPS) is 30.7. The van der Waals surface area contributed by atoms with Gasteiger partial charge in [-0.2, -0.15) is 0 Å². The molecule has 1 rings (SSSR count). The minimum absolute atomic E-state index is 0.0117. The van der Waals surface area contributed by atoms with Crippen LogP contribution in [0, 0.1) is 17.8 Å². The van der Waals surface area contributed by atoms with E-state index in [1.165, 1.54) is 0 Å². The average molecular weight is 142 g/mol. The maximum absolute atomic E-state index is 10.4. The molecule has 0 heterocycles. The van der Waals surface area contributed by atoms with Crippen LogP contribution in [0.1, 0.15) is 26.7 Å². The third-order valence-electron chi connectivity index (χ3n) is 2.01. The van der Waals surface area contributed by atoms with Crippen LogP contribution in [0.5, 0.6) is 0 Å². The van der Waals surface area contributed by atoms with Crippen molar-refractivity contribution in [3.8, 4) is 0 Å². The summed E-state index contributed by atoms with van der Waals surface area (Å²) in [7, 11) is 0. The van der Waals surface area contributed by atoms with Crippen LogP contribution >= 0.6 is 0 Å². The Morgan fingerprint density at radius 2 is 2.30 bits per heavy atom. The van der Waals surface area contributed by atoms with Gasteiger partial charge in [-0.15, -0.1) is 0 Å². The van der Waals surface area contributed by atoms with Gasteiger partial charge in [0, 0.05) is 0 Å². The highest BCUT2D eigenvalue weighted by Crippen LogP contribution is 2.42. The second-order valence-electron chi connectivity index (χ2n) is 3.57. The standard InChI is InChI=1S/C8H14O2/c1-5(2)3-6-4-7(6)8(9)10/h5-7H,3-4H2,1-2H3,(H,9,10). The first-order chi connectivity index (χ1) is 4.61. The van der Waals surface area contributed by atoms with E-state index in [-0.39, 0.29) is 5.92 Å². The summed E-state index contributed by atoms with van der Waals surface area (Å²) >= 11 is 0. The molecule has 1 aliphatic carbocycles. The van der Waals surface area contributed by atoms with E-state index < -0.39 is 5.97 Å². The molecule has 0 spiro atoms. The van der Waals surface area contributed by atoms with Crippen molar-refractivity contribution in [3.63, 3.8) is 0 Å². The molecule has 2 heteroatoms. The summed E-state index contributed by atoms with van der Waals surface area (Å²) in [5, 5.41) is 8.54. The molecule has 2 unspecified atom stereocenters. The van der Waals surface area contributed by atoms with Crippen LogP contribution in [0.25, 0.3) is 0 Å². The fourth-order valence-electron chi connectivity index (χ4n) is 1.42. The van der Waals surface area contributed by atoms with E-state index in [4.69, 9.17) is 5.11 Å². The van der Waals surface area contributed by atoms with Crippen molar-refractivity contribution in [3.05, 3.63) is 0 Å². The van der Waals surface area contributed by atoms with Crippen molar-refractivity contribution < 1.29 is 9.90 Å². The fraction of sp³-hybridized carbons (Fsp3) is 0.875. The van der Waals surface area contributed by atoms with Crippen molar-refractivity contribution in [2.45, 2.75) is 26.7 Å². The molecule has 0 amide bonds. The van der Waals surface area contributed by atoms with E-state index in [2.05, 4.69) is 13.8 Å². The minimum Gasteiger partial charge on any atom is -0.481 e. The molecule has 0 radical (unpaired) electrons. The van der Waals surface area contributed by atoms with Gasteiger partial charge in [-0.25, -0.2) is 0 Å². The van der Waals surface area contributed by atoms with E-state index in [9.17, 15) is 4.79 Å². The first-order valence-corrected chi connectivity index (χ1v) is 3.84. The SMILES string of the molecule is CC(C)CC1CC1C(=O)O. The predicted molar refractivity (Wildman–Crippen MR) is 38.7 cm³/mol. The minimum atomic E-state index is -0.606. The summed E-state index contributed by atoms with van der Waals surface area (Å²) in [6.07, 6.45) is 1.99. The van der Waals surface area contributed by atoms with Crippen LogP contribution < -0.4 is 0 Å². The fourth-order valence-corrected chi connectivity index (χ4v) is 1.42.